The summed E-state index contributed by atoms with van der Waals surface area (Å²) in [4.78, 5) is 16.1. The van der Waals surface area contributed by atoms with Gasteiger partial charge in [-0.2, -0.15) is 13.2 Å². The highest BCUT2D eigenvalue weighted by Gasteiger charge is 2.48. The number of hydrogen-bond acceptors (Lipinski definition) is 10. The van der Waals surface area contributed by atoms with E-state index in [0.717, 1.165) is 13.8 Å². The molecule has 266 valence electrons. The topological polar surface area (TPSA) is 116 Å². The van der Waals surface area contributed by atoms with Crippen molar-refractivity contribution in [1.82, 2.24) is 24.7 Å². The third-order valence-electron chi connectivity index (χ3n) is 7.13. The number of ether oxygens (including phenoxy) is 2. The normalized spacial score (nSPS) is 12.3. The van der Waals surface area contributed by atoms with Gasteiger partial charge in [0.2, 0.25) is 5.88 Å². The maximum atomic E-state index is 14.1. The zero-order valence-electron chi connectivity index (χ0n) is 27.8. The fourth-order valence-corrected chi connectivity index (χ4v) is 5.10. The molecule has 0 unspecified atom stereocenters. The molecular weight excluding hydrogens is 667 g/mol. The number of nitrogens with zero attached hydrogens (tertiary/aromatic N) is 6. The Morgan fingerprint density at radius 3 is 2.47 bits per heavy atom. The molecule has 0 aliphatic rings. The van der Waals surface area contributed by atoms with E-state index in [-0.39, 0.29) is 24.0 Å². The summed E-state index contributed by atoms with van der Waals surface area (Å²) in [5.74, 6) is 1.22. The molecule has 0 saturated carbocycles. The predicted octanol–water partition coefficient (Wildman–Crippen LogP) is 7.20. The Labute approximate surface area is 286 Å². The van der Waals surface area contributed by atoms with Crippen molar-refractivity contribution in [2.45, 2.75) is 57.5 Å². The summed E-state index contributed by atoms with van der Waals surface area (Å²) in [6.07, 6.45) is -0.854. The molecule has 16 heteroatoms. The summed E-state index contributed by atoms with van der Waals surface area (Å²) in [7, 11) is 0. The van der Waals surface area contributed by atoms with Gasteiger partial charge in [-0.25, -0.2) is 28.4 Å². The molecule has 0 amide bonds. The molecule has 0 fully saturated rings. The van der Waals surface area contributed by atoms with Gasteiger partial charge >= 0.3 is 6.18 Å². The van der Waals surface area contributed by atoms with Crippen LogP contribution in [0.5, 0.6) is 5.88 Å². The lowest BCUT2D eigenvalue weighted by molar-refractivity contribution is -0.219. The first-order valence-electron chi connectivity index (χ1n) is 15.5. The third kappa shape index (κ3) is 10.7. The van der Waals surface area contributed by atoms with Gasteiger partial charge in [-0.3, -0.25) is 0 Å². The molecule has 0 spiro atoms. The van der Waals surface area contributed by atoms with E-state index < -0.39 is 37.1 Å². The van der Waals surface area contributed by atoms with E-state index in [2.05, 4.69) is 19.7 Å². The van der Waals surface area contributed by atoms with Crippen LogP contribution in [0.1, 0.15) is 39.7 Å². The van der Waals surface area contributed by atoms with Crippen molar-refractivity contribution in [3.05, 3.63) is 66.5 Å². The number of anilines is 2. The van der Waals surface area contributed by atoms with Gasteiger partial charge in [0.15, 0.2) is 11.6 Å². The van der Waals surface area contributed by atoms with Crippen LogP contribution in [0.4, 0.5) is 33.6 Å². The second kappa shape index (κ2) is 16.6. The molecule has 3 N–H and O–H groups in total. The molecule has 0 aliphatic carbocycles. The van der Waals surface area contributed by atoms with Crippen molar-refractivity contribution in [2.75, 3.05) is 49.2 Å². The minimum Gasteiger partial charge on any atom is -0.476 e. The number of halogens is 5. The van der Waals surface area contributed by atoms with Crippen LogP contribution in [-0.2, 0) is 11.4 Å². The van der Waals surface area contributed by atoms with Gasteiger partial charge in [-0.1, -0.05) is 30.3 Å². The molecule has 10 nitrogen and oxygen atoms in total. The van der Waals surface area contributed by atoms with Gasteiger partial charge in [0.05, 0.1) is 18.2 Å². The van der Waals surface area contributed by atoms with Gasteiger partial charge in [0.1, 0.15) is 36.5 Å². The van der Waals surface area contributed by atoms with Crippen LogP contribution >= 0.6 is 11.9 Å². The minimum atomic E-state index is -4.46. The number of nitrogens with two attached hydrogens (primary N) is 1. The van der Waals surface area contributed by atoms with E-state index in [9.17, 15) is 22.0 Å². The summed E-state index contributed by atoms with van der Waals surface area (Å²) >= 11 is 1.19. The highest BCUT2D eigenvalue weighted by molar-refractivity contribution is 8.00. The first-order valence-corrected chi connectivity index (χ1v) is 16.4. The average Bonchev–Trinajstić information content (AvgIpc) is 3.54. The fraction of sp³-hybridized carbons (Fsp3) is 0.455. The average molecular weight is 709 g/mol. The summed E-state index contributed by atoms with van der Waals surface area (Å²) in [5, 5.41) is 4.90. The van der Waals surface area contributed by atoms with Crippen LogP contribution in [0.2, 0.25) is 0 Å². The number of pyridine rings is 1. The Morgan fingerprint density at radius 2 is 1.76 bits per heavy atom. The van der Waals surface area contributed by atoms with E-state index >= 15 is 0 Å². The zero-order chi connectivity index (χ0) is 35.7. The Kier molecular flexibility index (Phi) is 12.8. The Morgan fingerprint density at radius 1 is 0.980 bits per heavy atom. The van der Waals surface area contributed by atoms with Crippen molar-refractivity contribution in [3.63, 3.8) is 0 Å². The number of aromatic nitrogens is 5. The lowest BCUT2D eigenvalue weighted by Gasteiger charge is -2.31. The monoisotopic (exact) mass is 708 g/mol. The van der Waals surface area contributed by atoms with Crippen molar-refractivity contribution in [1.29, 1.82) is 0 Å². The molecule has 0 atom stereocenters. The molecule has 0 aliphatic heterocycles. The van der Waals surface area contributed by atoms with E-state index in [4.69, 9.17) is 25.2 Å². The Balaban J connectivity index is 1.57. The van der Waals surface area contributed by atoms with Gasteiger partial charge in [0.25, 0.3) is 0 Å². The van der Waals surface area contributed by atoms with Crippen LogP contribution in [0, 0.1) is 5.41 Å². The summed E-state index contributed by atoms with van der Waals surface area (Å²) in [5.41, 5.74) is 4.85. The van der Waals surface area contributed by atoms with E-state index in [0.29, 0.717) is 53.9 Å². The van der Waals surface area contributed by atoms with Gasteiger partial charge < -0.3 is 24.8 Å². The highest BCUT2D eigenvalue weighted by Crippen LogP contribution is 2.38. The first kappa shape index (κ1) is 37.8. The lowest BCUT2D eigenvalue weighted by Crippen LogP contribution is -2.46. The lowest BCUT2D eigenvalue weighted by atomic mass is 9.94. The molecule has 0 radical (unpaired) electrons. The molecule has 1 aromatic carbocycles. The number of rotatable bonds is 18. The van der Waals surface area contributed by atoms with E-state index in [1.54, 1.807) is 24.3 Å². The smallest absolute Gasteiger partial charge is 0.397 e. The third-order valence-corrected chi connectivity index (χ3v) is 7.88. The first-order chi connectivity index (χ1) is 23.2. The van der Waals surface area contributed by atoms with Crippen molar-refractivity contribution >= 4 is 23.6 Å². The molecular formula is C33H41F5N8O2S. The molecule has 0 bridgehead atoms. The van der Waals surface area contributed by atoms with Gasteiger partial charge in [-0.15, -0.1) is 5.10 Å². The Hall–Kier alpha value is -4.02. The fourth-order valence-electron chi connectivity index (χ4n) is 4.51. The molecule has 49 heavy (non-hydrogen) atoms. The SMILES string of the molecule is CC(C)(N)CN(CCCOCCF)c1cccc(SNc2cnc(-n3ccc(OCC(C)(C)C(F)(F)F)n3)c(-c3ccccc3CF)n2)n1. The standard InChI is InChI=1S/C33H41F5N8O2S/c1-31(2,33(36,37)38)22-48-27-13-16-46(43-27)30-29(24-10-6-5-9-23(24)19-35)41-25(20-40-30)44-49-28-12-7-11-26(42-28)45(21-32(3,4)39)15-8-17-47-18-14-34/h5-7,9-13,16,20H,8,14-15,17-19,21-22,39H2,1-4H3,(H,41,44). The number of nitrogens with one attached hydrogen (secondary N) is 1. The van der Waals surface area contributed by atoms with Gasteiger partial charge in [0, 0.05) is 55.0 Å². The van der Waals surface area contributed by atoms with Crippen LogP contribution in [0.15, 0.2) is 66.0 Å². The molecule has 4 aromatic rings. The van der Waals surface area contributed by atoms with Crippen LogP contribution < -0.4 is 20.1 Å². The van der Waals surface area contributed by atoms with E-state index in [1.165, 1.54) is 35.1 Å². The number of benzene rings is 1. The highest BCUT2D eigenvalue weighted by atomic mass is 32.2. The number of alkyl halides is 5. The second-order valence-corrected chi connectivity index (χ2v) is 13.4. The molecule has 0 saturated heterocycles. The summed E-state index contributed by atoms with van der Waals surface area (Å²) in [6.45, 7) is 5.60. The van der Waals surface area contributed by atoms with Gasteiger partial charge in [-0.05, 0) is 51.8 Å². The molecule has 3 heterocycles. The van der Waals surface area contributed by atoms with Crippen molar-refractivity contribution in [3.8, 4) is 23.0 Å². The van der Waals surface area contributed by atoms with E-state index in [1.807, 2.05) is 32.0 Å². The summed E-state index contributed by atoms with van der Waals surface area (Å²) < 4.78 is 81.6. The number of hydrogen-bond donors (Lipinski definition) is 2. The predicted molar refractivity (Wildman–Crippen MR) is 180 cm³/mol. The van der Waals surface area contributed by atoms with Crippen molar-refractivity contribution in [2.24, 2.45) is 11.1 Å². The zero-order valence-corrected chi connectivity index (χ0v) is 28.6. The second-order valence-electron chi connectivity index (χ2n) is 12.6. The van der Waals surface area contributed by atoms with Crippen LogP contribution in [0.25, 0.3) is 17.1 Å². The largest absolute Gasteiger partial charge is 0.476 e. The summed E-state index contributed by atoms with van der Waals surface area (Å²) in [6, 6.07) is 13.8. The van der Waals surface area contributed by atoms with Crippen LogP contribution in [0.3, 0.4) is 0 Å². The quantitative estimate of drug-likeness (QED) is 0.0625. The Bertz CT molecular complexity index is 1650. The minimum absolute atomic E-state index is 0.0353. The molecule has 4 rings (SSSR count). The van der Waals surface area contributed by atoms with Crippen LogP contribution in [-0.4, -0.2) is 76.0 Å². The van der Waals surface area contributed by atoms with Crippen molar-refractivity contribution < 1.29 is 31.4 Å². The maximum absolute atomic E-state index is 14.1. The molecule has 3 aromatic heterocycles. The maximum Gasteiger partial charge on any atom is 0.397 e.